The summed E-state index contributed by atoms with van der Waals surface area (Å²) in [6.45, 7) is 6.85. The lowest BCUT2D eigenvalue weighted by atomic mass is 10.2. The van der Waals surface area contributed by atoms with Crippen molar-refractivity contribution in [3.63, 3.8) is 0 Å². The highest BCUT2D eigenvalue weighted by atomic mass is 32.2. The van der Waals surface area contributed by atoms with Gasteiger partial charge in [0.1, 0.15) is 15.8 Å². The number of aromatic nitrogens is 2. The lowest BCUT2D eigenvalue weighted by Gasteiger charge is -2.11. The van der Waals surface area contributed by atoms with Gasteiger partial charge in [-0.3, -0.25) is 18.9 Å². The molecule has 8 heteroatoms. The Bertz CT molecular complexity index is 1010. The van der Waals surface area contributed by atoms with Crippen LogP contribution in [0.4, 0.5) is 5.82 Å². The predicted molar refractivity (Wildman–Crippen MR) is 120 cm³/mol. The minimum absolute atomic E-state index is 0.218. The maximum atomic E-state index is 13.1. The third kappa shape index (κ3) is 4.18. The number of anilines is 1. The normalized spacial score (nSPS) is 15.6. The van der Waals surface area contributed by atoms with Gasteiger partial charge in [0.2, 0.25) is 0 Å². The second-order valence-electron chi connectivity index (χ2n) is 6.32. The van der Waals surface area contributed by atoms with Gasteiger partial charge in [0.25, 0.3) is 11.5 Å². The number of carbonyl (C=O) groups is 1. The summed E-state index contributed by atoms with van der Waals surface area (Å²) in [5.41, 5.74) is 0.693. The molecular formula is C20H22N4O2S2. The Balaban J connectivity index is 2.04. The molecule has 1 amide bonds. The number of nitrogens with zero attached hydrogens (tertiary/aromatic N) is 3. The van der Waals surface area contributed by atoms with Gasteiger partial charge >= 0.3 is 0 Å². The Morgan fingerprint density at radius 3 is 2.89 bits per heavy atom. The zero-order valence-corrected chi connectivity index (χ0v) is 17.3. The van der Waals surface area contributed by atoms with E-state index in [1.165, 1.54) is 21.1 Å². The van der Waals surface area contributed by atoms with Gasteiger partial charge in [-0.2, -0.15) is 0 Å². The van der Waals surface area contributed by atoms with Crippen LogP contribution in [0.2, 0.25) is 0 Å². The fourth-order valence-corrected chi connectivity index (χ4v) is 4.12. The van der Waals surface area contributed by atoms with Crippen molar-refractivity contribution >= 4 is 51.7 Å². The SMILES string of the molecule is C=CCN1C(=O)/C(=C\c2c(NCCCCC)nc3ccccn3c2=O)SC1=S. The molecule has 0 aromatic carbocycles. The molecule has 1 fully saturated rings. The highest BCUT2D eigenvalue weighted by Crippen LogP contribution is 2.32. The fourth-order valence-electron chi connectivity index (χ4n) is 2.87. The van der Waals surface area contributed by atoms with E-state index in [0.717, 1.165) is 19.3 Å². The maximum Gasteiger partial charge on any atom is 0.267 e. The van der Waals surface area contributed by atoms with Gasteiger partial charge in [-0.25, -0.2) is 4.98 Å². The van der Waals surface area contributed by atoms with Crippen molar-refractivity contribution in [3.8, 4) is 0 Å². The van der Waals surface area contributed by atoms with Gasteiger partial charge in [0.05, 0.1) is 10.5 Å². The lowest BCUT2D eigenvalue weighted by Crippen LogP contribution is -2.28. The summed E-state index contributed by atoms with van der Waals surface area (Å²) in [4.78, 5) is 32.2. The number of hydrogen-bond acceptors (Lipinski definition) is 6. The van der Waals surface area contributed by atoms with Gasteiger partial charge in [-0.15, -0.1) is 6.58 Å². The lowest BCUT2D eigenvalue weighted by molar-refractivity contribution is -0.121. The summed E-state index contributed by atoms with van der Waals surface area (Å²) in [5, 5.41) is 3.27. The number of rotatable bonds is 8. The third-order valence-corrected chi connectivity index (χ3v) is 5.68. The summed E-state index contributed by atoms with van der Waals surface area (Å²) in [6, 6.07) is 5.40. The number of unbranched alkanes of at least 4 members (excludes halogenated alkanes) is 2. The molecule has 0 atom stereocenters. The molecule has 0 saturated carbocycles. The van der Waals surface area contributed by atoms with E-state index < -0.39 is 0 Å². The van der Waals surface area contributed by atoms with Crippen molar-refractivity contribution in [2.45, 2.75) is 26.2 Å². The monoisotopic (exact) mass is 414 g/mol. The molecule has 3 heterocycles. The molecule has 3 rings (SSSR count). The minimum atomic E-state index is -0.224. The van der Waals surface area contributed by atoms with Crippen LogP contribution < -0.4 is 10.9 Å². The van der Waals surface area contributed by atoms with Gasteiger partial charge in [0.15, 0.2) is 0 Å². The molecule has 2 aromatic rings. The fraction of sp³-hybridized carbons (Fsp3) is 0.300. The predicted octanol–water partition coefficient (Wildman–Crippen LogP) is 3.68. The summed E-state index contributed by atoms with van der Waals surface area (Å²) < 4.78 is 1.94. The first kappa shape index (κ1) is 20.3. The average molecular weight is 415 g/mol. The molecule has 1 saturated heterocycles. The molecule has 0 bridgehead atoms. The molecule has 146 valence electrons. The number of nitrogens with one attached hydrogen (secondary N) is 1. The van der Waals surface area contributed by atoms with E-state index in [9.17, 15) is 9.59 Å². The number of carbonyl (C=O) groups excluding carboxylic acids is 1. The molecule has 28 heavy (non-hydrogen) atoms. The molecule has 0 radical (unpaired) electrons. The largest absolute Gasteiger partial charge is 0.369 e. The Morgan fingerprint density at radius 1 is 1.32 bits per heavy atom. The minimum Gasteiger partial charge on any atom is -0.369 e. The summed E-state index contributed by atoms with van der Waals surface area (Å²) in [5.74, 6) is 0.269. The molecule has 1 aliphatic heterocycles. The number of thioether (sulfide) groups is 1. The Labute approximate surface area is 173 Å². The highest BCUT2D eigenvalue weighted by Gasteiger charge is 2.31. The number of pyridine rings is 1. The van der Waals surface area contributed by atoms with Gasteiger partial charge in [-0.05, 0) is 24.6 Å². The van der Waals surface area contributed by atoms with E-state index in [1.54, 1.807) is 30.5 Å². The van der Waals surface area contributed by atoms with E-state index in [1.807, 2.05) is 6.07 Å². The zero-order chi connectivity index (χ0) is 20.1. The van der Waals surface area contributed by atoms with Crippen LogP contribution in [-0.4, -0.2) is 37.6 Å². The van der Waals surface area contributed by atoms with Crippen LogP contribution >= 0.6 is 24.0 Å². The van der Waals surface area contributed by atoms with Gasteiger partial charge in [-0.1, -0.05) is 55.9 Å². The van der Waals surface area contributed by atoms with Crippen LogP contribution in [0.1, 0.15) is 31.7 Å². The van der Waals surface area contributed by atoms with E-state index in [4.69, 9.17) is 12.2 Å². The van der Waals surface area contributed by atoms with Crippen LogP contribution in [0, 0.1) is 0 Å². The van der Waals surface area contributed by atoms with E-state index in [0.29, 0.717) is 39.3 Å². The molecular weight excluding hydrogens is 392 g/mol. The van der Waals surface area contributed by atoms with Gasteiger partial charge < -0.3 is 5.32 Å². The molecule has 1 N–H and O–H groups in total. The van der Waals surface area contributed by atoms with Crippen LogP contribution in [-0.2, 0) is 4.79 Å². The Hall–Kier alpha value is -2.45. The standard InChI is InChI=1S/C20H22N4O2S2/c1-3-5-7-10-21-17-14(18(25)23-12-8-6-9-16(23)22-17)13-15-19(26)24(11-4-2)20(27)28-15/h4,6,8-9,12-13,21H,2-3,5,7,10-11H2,1H3/b15-13+. The number of fused-ring (bicyclic) bond motifs is 1. The summed E-state index contributed by atoms with van der Waals surface area (Å²) in [7, 11) is 0. The van der Waals surface area contributed by atoms with E-state index in [2.05, 4.69) is 23.8 Å². The maximum absolute atomic E-state index is 13.1. The van der Waals surface area contributed by atoms with Crippen molar-refractivity contribution < 1.29 is 4.79 Å². The molecule has 1 aliphatic rings. The molecule has 2 aromatic heterocycles. The smallest absolute Gasteiger partial charge is 0.267 e. The Kier molecular flexibility index (Phi) is 6.64. The summed E-state index contributed by atoms with van der Waals surface area (Å²) >= 11 is 6.47. The summed E-state index contributed by atoms with van der Waals surface area (Å²) in [6.07, 6.45) is 8.07. The van der Waals surface area contributed by atoms with Crippen molar-refractivity contribution in [1.29, 1.82) is 0 Å². The topological polar surface area (TPSA) is 66.7 Å². The van der Waals surface area contributed by atoms with Crippen molar-refractivity contribution in [2.24, 2.45) is 0 Å². The zero-order valence-electron chi connectivity index (χ0n) is 15.7. The highest BCUT2D eigenvalue weighted by molar-refractivity contribution is 8.26. The molecule has 0 unspecified atom stereocenters. The Morgan fingerprint density at radius 2 is 2.14 bits per heavy atom. The quantitative estimate of drug-likeness (QED) is 0.308. The second kappa shape index (κ2) is 9.16. The number of amides is 1. The first-order valence-electron chi connectivity index (χ1n) is 9.18. The van der Waals surface area contributed by atoms with E-state index in [-0.39, 0.29) is 11.5 Å². The van der Waals surface area contributed by atoms with E-state index >= 15 is 0 Å². The van der Waals surface area contributed by atoms with Crippen LogP contribution in [0.25, 0.3) is 11.7 Å². The number of thiocarbonyl (C=S) groups is 1. The van der Waals surface area contributed by atoms with Crippen LogP contribution in [0.5, 0.6) is 0 Å². The van der Waals surface area contributed by atoms with Gasteiger partial charge in [0, 0.05) is 19.3 Å². The second-order valence-corrected chi connectivity index (χ2v) is 8.00. The first-order chi connectivity index (χ1) is 13.6. The first-order valence-corrected chi connectivity index (χ1v) is 10.4. The van der Waals surface area contributed by atoms with Crippen molar-refractivity contribution in [3.05, 3.63) is 57.9 Å². The average Bonchev–Trinajstić information content (AvgIpc) is 2.96. The third-order valence-electron chi connectivity index (χ3n) is 4.30. The van der Waals surface area contributed by atoms with Crippen LogP contribution in [0.3, 0.4) is 0 Å². The van der Waals surface area contributed by atoms with Crippen molar-refractivity contribution in [1.82, 2.24) is 14.3 Å². The van der Waals surface area contributed by atoms with Crippen molar-refractivity contribution in [2.75, 3.05) is 18.4 Å². The molecule has 6 nitrogen and oxygen atoms in total. The van der Waals surface area contributed by atoms with Crippen LogP contribution in [0.15, 0.2) is 46.8 Å². The number of hydrogen-bond donors (Lipinski definition) is 1. The molecule has 0 spiro atoms. The molecule has 0 aliphatic carbocycles.